The molecule has 0 aliphatic heterocycles. The van der Waals surface area contributed by atoms with Crippen LogP contribution >= 0.6 is 35.7 Å². The number of thioether (sulfide) groups is 1. The summed E-state index contributed by atoms with van der Waals surface area (Å²) in [5.41, 5.74) is 2.55. The molecule has 7 heteroatoms. The lowest BCUT2D eigenvalue weighted by atomic mass is 10.1. The van der Waals surface area contributed by atoms with E-state index in [2.05, 4.69) is 60.0 Å². The Kier molecular flexibility index (Phi) is 12.3. The van der Waals surface area contributed by atoms with Gasteiger partial charge in [0.25, 0.3) is 0 Å². The van der Waals surface area contributed by atoms with Gasteiger partial charge in [-0.05, 0) is 43.5 Å². The summed E-state index contributed by atoms with van der Waals surface area (Å²) in [7, 11) is 2.11. The molecule has 1 aromatic carbocycles. The standard InChI is InChI=1S/C20H30N4OS.HI/c1-4-21-20(22-11-13-26-3)23-14-17-8-5-6-9-18(17)15-24(2)16-19-10-7-12-25-19;/h5-10,12H,4,11,13-16H2,1-3H3,(H2,21,22,23);1H. The van der Waals surface area contributed by atoms with Crippen molar-refractivity contribution in [2.75, 3.05) is 32.1 Å². The Labute approximate surface area is 184 Å². The van der Waals surface area contributed by atoms with E-state index in [1.807, 2.05) is 23.9 Å². The molecule has 2 N–H and O–H groups in total. The van der Waals surface area contributed by atoms with Gasteiger partial charge in [-0.25, -0.2) is 4.99 Å². The Hall–Kier alpha value is -1.19. The molecular formula is C20H31IN4OS. The normalized spacial score (nSPS) is 11.3. The first kappa shape index (κ1) is 23.8. The van der Waals surface area contributed by atoms with Crippen LogP contribution in [0.4, 0.5) is 0 Å². The number of halogens is 1. The molecule has 1 heterocycles. The minimum Gasteiger partial charge on any atom is -0.468 e. The third-order valence-corrected chi connectivity index (χ3v) is 4.53. The molecule has 5 nitrogen and oxygen atoms in total. The van der Waals surface area contributed by atoms with Crippen LogP contribution in [0, 0.1) is 0 Å². The van der Waals surface area contributed by atoms with Crippen LogP contribution in [0.2, 0.25) is 0 Å². The molecule has 2 rings (SSSR count). The quantitative estimate of drug-likeness (QED) is 0.223. The van der Waals surface area contributed by atoms with Crippen molar-refractivity contribution in [2.24, 2.45) is 4.99 Å². The third-order valence-electron chi connectivity index (χ3n) is 3.91. The minimum absolute atomic E-state index is 0. The van der Waals surface area contributed by atoms with Crippen LogP contribution in [0.15, 0.2) is 52.1 Å². The molecule has 0 unspecified atom stereocenters. The molecule has 0 aliphatic rings. The first-order valence-electron chi connectivity index (χ1n) is 9.01. The molecule has 0 fully saturated rings. The van der Waals surface area contributed by atoms with Crippen LogP contribution in [-0.4, -0.2) is 43.0 Å². The SMILES string of the molecule is CCNC(=NCc1ccccc1CN(C)Cc1ccco1)NCCSC.I. The Morgan fingerprint density at radius 1 is 1.11 bits per heavy atom. The van der Waals surface area contributed by atoms with Crippen molar-refractivity contribution in [3.05, 3.63) is 59.5 Å². The van der Waals surface area contributed by atoms with Gasteiger partial charge in [0.05, 0.1) is 19.4 Å². The number of benzene rings is 1. The van der Waals surface area contributed by atoms with Gasteiger partial charge >= 0.3 is 0 Å². The number of rotatable bonds is 10. The van der Waals surface area contributed by atoms with Crippen LogP contribution in [0.5, 0.6) is 0 Å². The lowest BCUT2D eigenvalue weighted by Gasteiger charge is -2.17. The van der Waals surface area contributed by atoms with Gasteiger partial charge in [-0.3, -0.25) is 4.90 Å². The first-order chi connectivity index (χ1) is 12.7. The fraction of sp³-hybridized carbons (Fsp3) is 0.450. The molecule has 2 aromatic rings. The van der Waals surface area contributed by atoms with Crippen molar-refractivity contribution in [1.82, 2.24) is 15.5 Å². The van der Waals surface area contributed by atoms with Gasteiger partial charge in [-0.15, -0.1) is 24.0 Å². The maximum Gasteiger partial charge on any atom is 0.191 e. The predicted octanol–water partition coefficient (Wildman–Crippen LogP) is 3.95. The second kappa shape index (κ2) is 13.9. The summed E-state index contributed by atoms with van der Waals surface area (Å²) < 4.78 is 5.44. The highest BCUT2D eigenvalue weighted by molar-refractivity contribution is 14.0. The zero-order chi connectivity index (χ0) is 18.6. The number of nitrogens with zero attached hydrogens (tertiary/aromatic N) is 2. The zero-order valence-electron chi connectivity index (χ0n) is 16.4. The average Bonchev–Trinajstić information content (AvgIpc) is 3.13. The number of hydrogen-bond donors (Lipinski definition) is 2. The van der Waals surface area contributed by atoms with Gasteiger partial charge < -0.3 is 15.1 Å². The lowest BCUT2D eigenvalue weighted by molar-refractivity contribution is 0.287. The second-order valence-corrected chi connectivity index (χ2v) is 7.12. The third kappa shape index (κ3) is 9.03. The van der Waals surface area contributed by atoms with Crippen molar-refractivity contribution in [3.8, 4) is 0 Å². The summed E-state index contributed by atoms with van der Waals surface area (Å²) in [6.07, 6.45) is 3.83. The van der Waals surface area contributed by atoms with Crippen molar-refractivity contribution >= 4 is 41.7 Å². The fourth-order valence-electron chi connectivity index (χ4n) is 2.66. The van der Waals surface area contributed by atoms with Crippen molar-refractivity contribution in [2.45, 2.75) is 26.6 Å². The van der Waals surface area contributed by atoms with Gasteiger partial charge in [0.15, 0.2) is 5.96 Å². The number of aliphatic imine (C=N–C) groups is 1. The Balaban J connectivity index is 0.00000364. The molecule has 27 heavy (non-hydrogen) atoms. The fourth-order valence-corrected chi connectivity index (χ4v) is 2.96. The van der Waals surface area contributed by atoms with Crippen LogP contribution in [0.3, 0.4) is 0 Å². The Morgan fingerprint density at radius 2 is 1.89 bits per heavy atom. The molecule has 0 saturated carbocycles. The van der Waals surface area contributed by atoms with Crippen molar-refractivity contribution in [1.29, 1.82) is 0 Å². The number of furan rings is 1. The molecular weight excluding hydrogens is 471 g/mol. The summed E-state index contributed by atoms with van der Waals surface area (Å²) in [5, 5.41) is 6.69. The van der Waals surface area contributed by atoms with Crippen LogP contribution < -0.4 is 10.6 Å². The second-order valence-electron chi connectivity index (χ2n) is 6.14. The summed E-state index contributed by atoms with van der Waals surface area (Å²) in [6, 6.07) is 12.4. The number of guanidine groups is 1. The summed E-state index contributed by atoms with van der Waals surface area (Å²) in [6.45, 7) is 6.19. The summed E-state index contributed by atoms with van der Waals surface area (Å²) in [4.78, 5) is 7.00. The van der Waals surface area contributed by atoms with E-state index in [1.54, 1.807) is 6.26 Å². The van der Waals surface area contributed by atoms with Crippen molar-refractivity contribution < 1.29 is 4.42 Å². The maximum atomic E-state index is 5.44. The largest absolute Gasteiger partial charge is 0.468 e. The lowest BCUT2D eigenvalue weighted by Crippen LogP contribution is -2.38. The Morgan fingerprint density at radius 3 is 2.56 bits per heavy atom. The molecule has 150 valence electrons. The Bertz CT molecular complexity index is 664. The van der Waals surface area contributed by atoms with Gasteiger partial charge in [0.1, 0.15) is 5.76 Å². The predicted molar refractivity (Wildman–Crippen MR) is 127 cm³/mol. The first-order valence-corrected chi connectivity index (χ1v) is 10.4. The van der Waals surface area contributed by atoms with E-state index >= 15 is 0 Å². The average molecular weight is 502 g/mol. The van der Waals surface area contributed by atoms with Crippen LogP contribution in [-0.2, 0) is 19.6 Å². The highest BCUT2D eigenvalue weighted by atomic mass is 127. The molecule has 0 saturated heterocycles. The van der Waals surface area contributed by atoms with Crippen molar-refractivity contribution in [3.63, 3.8) is 0 Å². The molecule has 0 bridgehead atoms. The van der Waals surface area contributed by atoms with Gasteiger partial charge in [-0.2, -0.15) is 11.8 Å². The van der Waals surface area contributed by atoms with Gasteiger partial charge in [0.2, 0.25) is 0 Å². The highest BCUT2D eigenvalue weighted by Crippen LogP contribution is 2.14. The zero-order valence-corrected chi connectivity index (χ0v) is 19.6. The van der Waals surface area contributed by atoms with E-state index in [9.17, 15) is 0 Å². The topological polar surface area (TPSA) is 52.8 Å². The van der Waals surface area contributed by atoms with Gasteiger partial charge in [-0.1, -0.05) is 24.3 Å². The molecule has 0 aliphatic carbocycles. The van der Waals surface area contributed by atoms with E-state index in [0.29, 0.717) is 6.54 Å². The van der Waals surface area contributed by atoms with E-state index in [4.69, 9.17) is 9.41 Å². The van der Waals surface area contributed by atoms with Crippen LogP contribution in [0.25, 0.3) is 0 Å². The van der Waals surface area contributed by atoms with Crippen LogP contribution in [0.1, 0.15) is 23.8 Å². The van der Waals surface area contributed by atoms with Gasteiger partial charge in [0, 0.05) is 25.4 Å². The number of nitrogens with one attached hydrogen (secondary N) is 2. The van der Waals surface area contributed by atoms with E-state index < -0.39 is 0 Å². The number of hydrogen-bond acceptors (Lipinski definition) is 4. The highest BCUT2D eigenvalue weighted by Gasteiger charge is 2.07. The molecule has 1 aromatic heterocycles. The maximum absolute atomic E-state index is 5.44. The molecule has 0 spiro atoms. The van der Waals surface area contributed by atoms with E-state index in [1.165, 1.54) is 11.1 Å². The molecule has 0 atom stereocenters. The molecule has 0 amide bonds. The smallest absolute Gasteiger partial charge is 0.191 e. The summed E-state index contributed by atoms with van der Waals surface area (Å²) >= 11 is 1.83. The molecule has 0 radical (unpaired) electrons. The monoisotopic (exact) mass is 502 g/mol. The van der Waals surface area contributed by atoms with E-state index in [0.717, 1.165) is 43.7 Å². The van der Waals surface area contributed by atoms with E-state index in [-0.39, 0.29) is 24.0 Å². The minimum atomic E-state index is 0. The summed E-state index contributed by atoms with van der Waals surface area (Å²) in [5.74, 6) is 2.93.